The lowest BCUT2D eigenvalue weighted by molar-refractivity contribution is 0.627. The second-order valence-corrected chi connectivity index (χ2v) is 8.31. The molecule has 1 N–H and O–H groups in total. The zero-order valence-electron chi connectivity index (χ0n) is 15.4. The van der Waals surface area contributed by atoms with Crippen LogP contribution in [0, 0.1) is 5.82 Å². The van der Waals surface area contributed by atoms with Crippen molar-refractivity contribution in [3.05, 3.63) is 70.8 Å². The van der Waals surface area contributed by atoms with Gasteiger partial charge in [0.1, 0.15) is 22.2 Å². The highest BCUT2D eigenvalue weighted by atomic mass is 32.1. The Morgan fingerprint density at radius 3 is 2.86 bits per heavy atom. The van der Waals surface area contributed by atoms with Gasteiger partial charge in [0.15, 0.2) is 5.82 Å². The number of hydrogen-bond acceptors (Lipinski definition) is 6. The van der Waals surface area contributed by atoms with Crippen LogP contribution in [0.15, 0.2) is 48.9 Å². The molecule has 0 radical (unpaired) electrons. The van der Waals surface area contributed by atoms with Crippen molar-refractivity contribution in [1.82, 2.24) is 19.9 Å². The van der Waals surface area contributed by atoms with Crippen molar-refractivity contribution in [3.8, 4) is 11.5 Å². The third-order valence-electron chi connectivity index (χ3n) is 5.54. The molecule has 6 rings (SSSR count). The molecule has 0 aliphatic heterocycles. The van der Waals surface area contributed by atoms with Crippen molar-refractivity contribution in [2.45, 2.75) is 25.3 Å². The molecule has 0 amide bonds. The van der Waals surface area contributed by atoms with E-state index in [1.54, 1.807) is 42.1 Å². The van der Waals surface area contributed by atoms with E-state index in [1.807, 2.05) is 0 Å². The molecule has 1 unspecified atom stereocenters. The maximum atomic E-state index is 13.2. The van der Waals surface area contributed by atoms with E-state index in [4.69, 9.17) is 9.97 Å². The van der Waals surface area contributed by atoms with Crippen molar-refractivity contribution in [3.63, 3.8) is 0 Å². The van der Waals surface area contributed by atoms with Crippen LogP contribution >= 0.6 is 11.3 Å². The van der Waals surface area contributed by atoms with Crippen molar-refractivity contribution >= 4 is 32.9 Å². The Morgan fingerprint density at radius 1 is 1.14 bits per heavy atom. The van der Waals surface area contributed by atoms with E-state index in [0.717, 1.165) is 28.0 Å². The lowest BCUT2D eigenvalue weighted by atomic mass is 9.80. The Labute approximate surface area is 170 Å². The molecule has 29 heavy (non-hydrogen) atoms. The molecule has 0 saturated heterocycles. The SMILES string of the molecule is Fc1ccc(CNc2nc(-c3cnccn3)nc3sc4c(c23)C2=CCCC24)cc1. The summed E-state index contributed by atoms with van der Waals surface area (Å²) in [6.45, 7) is 0.555. The summed E-state index contributed by atoms with van der Waals surface area (Å²) in [6.07, 6.45) is 9.64. The summed E-state index contributed by atoms with van der Waals surface area (Å²) in [5.74, 6) is 1.69. The minimum Gasteiger partial charge on any atom is -0.365 e. The van der Waals surface area contributed by atoms with Crippen molar-refractivity contribution in [2.24, 2.45) is 0 Å². The molecule has 0 bridgehead atoms. The highest BCUT2D eigenvalue weighted by molar-refractivity contribution is 7.19. The minimum absolute atomic E-state index is 0.235. The van der Waals surface area contributed by atoms with Crippen LogP contribution in [0.4, 0.5) is 10.2 Å². The van der Waals surface area contributed by atoms with Crippen LogP contribution in [-0.2, 0) is 6.54 Å². The standard InChI is InChI=1S/C22H16FN5S/c23-13-6-4-12(5-7-13)10-26-21-18-17-14-2-1-3-15(14)19(17)29-22(18)28-20(27-21)16-11-24-8-9-25-16/h2,4-9,11,15H,1,3,10H2,(H,26,27,28). The third kappa shape index (κ3) is 2.65. The lowest BCUT2D eigenvalue weighted by Gasteiger charge is -2.26. The Hall–Kier alpha value is -3.19. The molecule has 142 valence electrons. The predicted molar refractivity (Wildman–Crippen MR) is 112 cm³/mol. The minimum atomic E-state index is -0.235. The molecule has 5 nitrogen and oxygen atoms in total. The first-order valence-corrected chi connectivity index (χ1v) is 10.4. The molecule has 2 aliphatic carbocycles. The Morgan fingerprint density at radius 2 is 2.03 bits per heavy atom. The second kappa shape index (κ2) is 6.42. The number of hydrogen-bond donors (Lipinski definition) is 1. The fraction of sp³-hybridized carbons (Fsp3) is 0.182. The number of thiophene rings is 1. The number of allylic oxidation sites excluding steroid dienone is 2. The van der Waals surface area contributed by atoms with Crippen LogP contribution in [0.5, 0.6) is 0 Å². The highest BCUT2D eigenvalue weighted by Crippen LogP contribution is 2.59. The van der Waals surface area contributed by atoms with Gasteiger partial charge in [-0.2, -0.15) is 0 Å². The van der Waals surface area contributed by atoms with Crippen LogP contribution in [0.25, 0.3) is 27.3 Å². The van der Waals surface area contributed by atoms with E-state index in [1.165, 1.54) is 34.6 Å². The van der Waals surface area contributed by atoms with E-state index in [-0.39, 0.29) is 5.82 Å². The number of aromatic nitrogens is 4. The van der Waals surface area contributed by atoms with Crippen LogP contribution in [0.2, 0.25) is 0 Å². The fourth-order valence-corrected chi connectivity index (χ4v) is 5.52. The number of anilines is 1. The van der Waals surface area contributed by atoms with Crippen molar-refractivity contribution < 1.29 is 4.39 Å². The van der Waals surface area contributed by atoms with Crippen molar-refractivity contribution in [1.29, 1.82) is 0 Å². The van der Waals surface area contributed by atoms with E-state index < -0.39 is 0 Å². The number of benzene rings is 1. The van der Waals surface area contributed by atoms with Gasteiger partial charge in [-0.25, -0.2) is 19.3 Å². The molecule has 0 spiro atoms. The smallest absolute Gasteiger partial charge is 0.183 e. The molecular formula is C22H16FN5S. The van der Waals surface area contributed by atoms with Gasteiger partial charge in [0.2, 0.25) is 0 Å². The molecule has 1 aromatic carbocycles. The predicted octanol–water partition coefficient (Wildman–Crippen LogP) is 5.17. The number of nitrogens with one attached hydrogen (secondary N) is 1. The van der Waals surface area contributed by atoms with Crippen LogP contribution in [0.3, 0.4) is 0 Å². The van der Waals surface area contributed by atoms with E-state index >= 15 is 0 Å². The maximum Gasteiger partial charge on any atom is 0.183 e. The average Bonchev–Trinajstić information content (AvgIpc) is 3.31. The first kappa shape index (κ1) is 16.7. The van der Waals surface area contributed by atoms with Gasteiger partial charge in [-0.15, -0.1) is 11.3 Å². The molecule has 7 heteroatoms. The summed E-state index contributed by atoms with van der Waals surface area (Å²) >= 11 is 1.76. The largest absolute Gasteiger partial charge is 0.365 e. The van der Waals surface area contributed by atoms with Gasteiger partial charge in [0.25, 0.3) is 0 Å². The number of halogens is 1. The molecule has 3 aromatic heterocycles. The van der Waals surface area contributed by atoms with Crippen LogP contribution < -0.4 is 5.32 Å². The monoisotopic (exact) mass is 401 g/mol. The normalized spacial score (nSPS) is 16.9. The Balaban J connectivity index is 1.47. The zero-order valence-corrected chi connectivity index (χ0v) is 16.2. The van der Waals surface area contributed by atoms with E-state index in [2.05, 4.69) is 21.4 Å². The molecule has 0 saturated carbocycles. The van der Waals surface area contributed by atoms with Gasteiger partial charge in [0, 0.05) is 35.3 Å². The summed E-state index contributed by atoms with van der Waals surface area (Å²) in [5, 5.41) is 4.55. The topological polar surface area (TPSA) is 63.6 Å². The summed E-state index contributed by atoms with van der Waals surface area (Å²) in [5.41, 5.74) is 4.38. The van der Waals surface area contributed by atoms with Gasteiger partial charge < -0.3 is 5.32 Å². The van der Waals surface area contributed by atoms with Gasteiger partial charge in [0.05, 0.1) is 11.6 Å². The molecular weight excluding hydrogens is 385 g/mol. The number of fused-ring (bicyclic) bond motifs is 6. The van der Waals surface area contributed by atoms with E-state index in [0.29, 0.717) is 24.0 Å². The highest BCUT2D eigenvalue weighted by Gasteiger charge is 2.39. The molecule has 1 atom stereocenters. The quantitative estimate of drug-likeness (QED) is 0.511. The van der Waals surface area contributed by atoms with Gasteiger partial charge in [-0.05, 0) is 36.1 Å². The second-order valence-electron chi connectivity index (χ2n) is 7.28. The third-order valence-corrected chi connectivity index (χ3v) is 6.74. The van der Waals surface area contributed by atoms with Gasteiger partial charge >= 0.3 is 0 Å². The van der Waals surface area contributed by atoms with Crippen LogP contribution in [-0.4, -0.2) is 19.9 Å². The number of nitrogens with zero attached hydrogens (tertiary/aromatic N) is 4. The average molecular weight is 401 g/mol. The van der Waals surface area contributed by atoms with E-state index in [9.17, 15) is 4.39 Å². The zero-order chi connectivity index (χ0) is 19.4. The Bertz CT molecular complexity index is 1260. The summed E-state index contributed by atoms with van der Waals surface area (Å²) in [4.78, 5) is 20.5. The van der Waals surface area contributed by atoms with Crippen LogP contribution in [0.1, 0.15) is 34.8 Å². The maximum absolute atomic E-state index is 13.2. The van der Waals surface area contributed by atoms with Gasteiger partial charge in [-0.3, -0.25) is 4.98 Å². The first-order valence-electron chi connectivity index (χ1n) is 9.57. The summed E-state index contributed by atoms with van der Waals surface area (Å²) in [7, 11) is 0. The summed E-state index contributed by atoms with van der Waals surface area (Å²) in [6, 6.07) is 6.52. The first-order chi connectivity index (χ1) is 14.3. The molecule has 0 fully saturated rings. The molecule has 2 aliphatic rings. The summed E-state index contributed by atoms with van der Waals surface area (Å²) < 4.78 is 13.2. The molecule has 3 heterocycles. The Kier molecular flexibility index (Phi) is 3.70. The molecule has 4 aromatic rings. The fourth-order valence-electron chi connectivity index (χ4n) is 4.17. The number of rotatable bonds is 4. The van der Waals surface area contributed by atoms with Crippen molar-refractivity contribution in [2.75, 3.05) is 5.32 Å². The lowest BCUT2D eigenvalue weighted by Crippen LogP contribution is -2.10. The van der Waals surface area contributed by atoms with Gasteiger partial charge in [-0.1, -0.05) is 18.2 Å².